The highest BCUT2D eigenvalue weighted by Crippen LogP contribution is 2.39. The van der Waals surface area contributed by atoms with E-state index >= 15 is 0 Å². The van der Waals surface area contributed by atoms with E-state index < -0.39 is 0 Å². The molecule has 142 valence electrons. The summed E-state index contributed by atoms with van der Waals surface area (Å²) < 4.78 is 11.8. The molecule has 2 aromatic carbocycles. The Bertz CT molecular complexity index is 785. The van der Waals surface area contributed by atoms with Crippen molar-refractivity contribution in [1.82, 2.24) is 4.90 Å². The van der Waals surface area contributed by atoms with Gasteiger partial charge in [-0.3, -0.25) is 14.6 Å². The van der Waals surface area contributed by atoms with Crippen molar-refractivity contribution < 1.29 is 14.3 Å². The summed E-state index contributed by atoms with van der Waals surface area (Å²) in [5, 5.41) is 0. The summed E-state index contributed by atoms with van der Waals surface area (Å²) in [7, 11) is 0. The number of hydrogen-bond acceptors (Lipinski definition) is 4. The topological polar surface area (TPSA) is 42.0 Å². The number of benzene rings is 2. The molecular formula is C22H26N2O3. The Morgan fingerprint density at radius 3 is 2.41 bits per heavy atom. The second kappa shape index (κ2) is 7.71. The molecule has 0 saturated carbocycles. The number of ether oxygens (including phenoxy) is 2. The van der Waals surface area contributed by atoms with Crippen LogP contribution in [0.15, 0.2) is 54.6 Å². The Balaban J connectivity index is 1.62. The second-order valence-corrected chi connectivity index (χ2v) is 7.42. The number of rotatable bonds is 3. The molecule has 3 atom stereocenters. The summed E-state index contributed by atoms with van der Waals surface area (Å²) in [5.41, 5.74) is 1.93. The molecule has 0 aliphatic carbocycles. The lowest BCUT2D eigenvalue weighted by atomic mass is 10.0. The molecule has 0 unspecified atom stereocenters. The molecule has 2 aliphatic heterocycles. The number of para-hydroxylation sites is 2. The fourth-order valence-corrected chi connectivity index (χ4v) is 4.10. The Kier molecular flexibility index (Phi) is 5.14. The molecule has 4 rings (SSSR count). The molecule has 2 aromatic rings. The lowest BCUT2D eigenvalue weighted by Gasteiger charge is -2.40. The average Bonchev–Trinajstić information content (AvgIpc) is 2.67. The number of nitrogens with zero attached hydrogens (tertiary/aromatic N) is 2. The maximum atomic E-state index is 13.4. The number of carbonyl (C=O) groups excluding carboxylic acids is 1. The number of fused-ring (bicyclic) bond motifs is 1. The highest BCUT2D eigenvalue weighted by molar-refractivity contribution is 5.97. The van der Waals surface area contributed by atoms with Crippen LogP contribution < -0.4 is 9.64 Å². The molecule has 27 heavy (non-hydrogen) atoms. The third-order valence-electron chi connectivity index (χ3n) is 5.14. The minimum atomic E-state index is -0.121. The molecule has 0 spiro atoms. The first-order valence-corrected chi connectivity index (χ1v) is 9.58. The van der Waals surface area contributed by atoms with Crippen LogP contribution in [0.4, 0.5) is 5.69 Å². The van der Waals surface area contributed by atoms with Crippen molar-refractivity contribution in [2.75, 3.05) is 31.1 Å². The van der Waals surface area contributed by atoms with Gasteiger partial charge >= 0.3 is 0 Å². The second-order valence-electron chi connectivity index (χ2n) is 7.42. The van der Waals surface area contributed by atoms with Crippen molar-refractivity contribution in [2.24, 2.45) is 0 Å². The van der Waals surface area contributed by atoms with Gasteiger partial charge in [-0.05, 0) is 31.5 Å². The molecule has 2 heterocycles. The van der Waals surface area contributed by atoms with E-state index in [0.29, 0.717) is 13.2 Å². The minimum absolute atomic E-state index is 0.0981. The van der Waals surface area contributed by atoms with Gasteiger partial charge in [0.05, 0.1) is 30.5 Å². The zero-order valence-corrected chi connectivity index (χ0v) is 15.9. The lowest BCUT2D eigenvalue weighted by molar-refractivity contribution is -0.124. The molecule has 0 bridgehead atoms. The van der Waals surface area contributed by atoms with Crippen molar-refractivity contribution in [2.45, 2.75) is 32.1 Å². The highest BCUT2D eigenvalue weighted by Gasteiger charge is 2.34. The van der Waals surface area contributed by atoms with E-state index in [0.717, 1.165) is 30.1 Å². The Labute approximate surface area is 160 Å². The van der Waals surface area contributed by atoms with Crippen molar-refractivity contribution in [1.29, 1.82) is 0 Å². The Hall–Kier alpha value is -2.37. The fourth-order valence-electron chi connectivity index (χ4n) is 4.10. The maximum absolute atomic E-state index is 13.4. The zero-order valence-electron chi connectivity index (χ0n) is 15.9. The molecule has 0 N–H and O–H groups in total. The van der Waals surface area contributed by atoms with Gasteiger partial charge < -0.3 is 9.47 Å². The Morgan fingerprint density at radius 1 is 1.00 bits per heavy atom. The van der Waals surface area contributed by atoms with Crippen molar-refractivity contribution in [3.8, 4) is 5.75 Å². The summed E-state index contributed by atoms with van der Waals surface area (Å²) in [6, 6.07) is 17.8. The summed E-state index contributed by atoms with van der Waals surface area (Å²) in [6.07, 6.45) is 0.284. The van der Waals surface area contributed by atoms with Crippen LogP contribution >= 0.6 is 0 Å². The molecule has 5 nitrogen and oxygen atoms in total. The monoisotopic (exact) mass is 366 g/mol. The molecule has 1 saturated heterocycles. The predicted molar refractivity (Wildman–Crippen MR) is 105 cm³/mol. The molecule has 0 aromatic heterocycles. The molecular weight excluding hydrogens is 340 g/mol. The van der Waals surface area contributed by atoms with Gasteiger partial charge in [0.15, 0.2) is 0 Å². The largest absolute Gasteiger partial charge is 0.489 e. The van der Waals surface area contributed by atoms with E-state index in [4.69, 9.17) is 9.47 Å². The molecule has 1 fully saturated rings. The van der Waals surface area contributed by atoms with Gasteiger partial charge in [0.2, 0.25) is 5.91 Å². The number of amides is 1. The highest BCUT2D eigenvalue weighted by atomic mass is 16.5. The molecule has 5 heteroatoms. The smallest absolute Gasteiger partial charge is 0.241 e. The van der Waals surface area contributed by atoms with Crippen LogP contribution in [0.5, 0.6) is 5.75 Å². The van der Waals surface area contributed by atoms with Crippen LogP contribution in [-0.4, -0.2) is 49.3 Å². The predicted octanol–water partition coefficient (Wildman–Crippen LogP) is 3.26. The van der Waals surface area contributed by atoms with E-state index in [2.05, 4.69) is 30.9 Å². The van der Waals surface area contributed by atoms with Crippen LogP contribution in [0.3, 0.4) is 0 Å². The van der Waals surface area contributed by atoms with Gasteiger partial charge in [0.25, 0.3) is 0 Å². The summed E-state index contributed by atoms with van der Waals surface area (Å²) in [6.45, 7) is 6.52. The van der Waals surface area contributed by atoms with E-state index in [-0.39, 0.29) is 24.2 Å². The number of carbonyl (C=O) groups is 1. The van der Waals surface area contributed by atoms with Gasteiger partial charge in [-0.2, -0.15) is 0 Å². The third kappa shape index (κ3) is 3.84. The first kappa shape index (κ1) is 18.0. The van der Waals surface area contributed by atoms with Crippen molar-refractivity contribution >= 4 is 11.6 Å². The Morgan fingerprint density at radius 2 is 1.67 bits per heavy atom. The van der Waals surface area contributed by atoms with E-state index in [1.165, 1.54) is 0 Å². The quantitative estimate of drug-likeness (QED) is 0.836. The van der Waals surface area contributed by atoms with Crippen LogP contribution in [-0.2, 0) is 9.53 Å². The van der Waals surface area contributed by atoms with Crippen LogP contribution in [0.1, 0.15) is 25.5 Å². The van der Waals surface area contributed by atoms with Gasteiger partial charge in [-0.15, -0.1) is 0 Å². The molecule has 0 radical (unpaired) electrons. The van der Waals surface area contributed by atoms with E-state index in [1.807, 2.05) is 47.4 Å². The van der Waals surface area contributed by atoms with Gasteiger partial charge in [0, 0.05) is 13.1 Å². The van der Waals surface area contributed by atoms with Gasteiger partial charge in [0.1, 0.15) is 12.4 Å². The summed E-state index contributed by atoms with van der Waals surface area (Å²) >= 11 is 0. The molecule has 1 amide bonds. The fraction of sp³-hybridized carbons (Fsp3) is 0.409. The standard InChI is InChI=1S/C22H26N2O3/c1-16-12-23(13-17(2)27-16)14-22(25)24-19-10-6-7-11-21(19)26-15-20(24)18-8-4-3-5-9-18/h3-11,16-17,20H,12-15H2,1-2H3/t16-,17+,20-/m0/s1. The first-order chi connectivity index (χ1) is 13.1. The number of anilines is 1. The van der Waals surface area contributed by atoms with Gasteiger partial charge in [-0.25, -0.2) is 0 Å². The minimum Gasteiger partial charge on any atom is -0.489 e. The summed E-state index contributed by atoms with van der Waals surface area (Å²) in [5.74, 6) is 0.864. The van der Waals surface area contributed by atoms with Crippen molar-refractivity contribution in [3.05, 3.63) is 60.2 Å². The van der Waals surface area contributed by atoms with Crippen LogP contribution in [0, 0.1) is 0 Å². The van der Waals surface area contributed by atoms with Gasteiger partial charge in [-0.1, -0.05) is 42.5 Å². The SMILES string of the molecule is C[C@@H]1CN(CC(=O)N2c3ccccc3OC[C@H]2c2ccccc2)C[C@H](C)O1. The average molecular weight is 366 g/mol. The van der Waals surface area contributed by atoms with Crippen LogP contribution in [0.2, 0.25) is 0 Å². The third-order valence-corrected chi connectivity index (χ3v) is 5.14. The van der Waals surface area contributed by atoms with Crippen molar-refractivity contribution in [3.63, 3.8) is 0 Å². The van der Waals surface area contributed by atoms with E-state index in [1.54, 1.807) is 0 Å². The first-order valence-electron chi connectivity index (χ1n) is 9.58. The normalized spacial score (nSPS) is 25.6. The van der Waals surface area contributed by atoms with E-state index in [9.17, 15) is 4.79 Å². The molecule has 2 aliphatic rings. The summed E-state index contributed by atoms with van der Waals surface area (Å²) in [4.78, 5) is 17.5. The maximum Gasteiger partial charge on any atom is 0.241 e. The van der Waals surface area contributed by atoms with Crippen LogP contribution in [0.25, 0.3) is 0 Å². The number of hydrogen-bond donors (Lipinski definition) is 0. The zero-order chi connectivity index (χ0) is 18.8. The number of morpholine rings is 1. The lowest BCUT2D eigenvalue weighted by Crippen LogP contribution is -2.51.